The molecule has 2 N–H and O–H groups in total. The van der Waals surface area contributed by atoms with Crippen molar-refractivity contribution in [1.82, 2.24) is 0 Å². The Labute approximate surface area is 87.3 Å². The van der Waals surface area contributed by atoms with Crippen LogP contribution in [0.2, 0.25) is 0 Å². The molecule has 0 unspecified atom stereocenters. The normalized spacial score (nSPS) is 10.7. The number of nitrogen functional groups attached to an aromatic ring is 1. The molecule has 1 aromatic carbocycles. The molecule has 14 heavy (non-hydrogen) atoms. The van der Waals surface area contributed by atoms with E-state index in [9.17, 15) is 0 Å². The van der Waals surface area contributed by atoms with E-state index in [2.05, 4.69) is 6.92 Å². The third-order valence-corrected chi connectivity index (χ3v) is 3.48. The monoisotopic (exact) mass is 207 g/mol. The predicted octanol–water partition coefficient (Wildman–Crippen LogP) is 3.05. The lowest BCUT2D eigenvalue weighted by Gasteiger charge is -2.07. The third-order valence-electron chi connectivity index (χ3n) is 2.41. The molecule has 1 aromatic heterocycles. The Kier molecular flexibility index (Phi) is 2.33. The number of fused-ring (bicyclic) bond motifs is 1. The molecule has 1 heterocycles. The molecular weight excluding hydrogens is 194 g/mol. The molecule has 0 aliphatic carbocycles. The topological polar surface area (TPSA) is 35.2 Å². The van der Waals surface area contributed by atoms with Crippen molar-refractivity contribution in [2.75, 3.05) is 12.8 Å². The zero-order valence-electron chi connectivity index (χ0n) is 8.33. The number of rotatable bonds is 2. The minimum Gasteiger partial charge on any atom is -0.496 e. The second kappa shape index (κ2) is 3.50. The van der Waals surface area contributed by atoms with E-state index < -0.39 is 0 Å². The molecule has 2 nitrogen and oxygen atoms in total. The second-order valence-electron chi connectivity index (χ2n) is 3.17. The molecule has 0 aliphatic heterocycles. The molecule has 0 fully saturated rings. The molecule has 0 radical (unpaired) electrons. The standard InChI is InChI=1S/C11H13NOS/c1-3-7-10(13-2)5-4-8-9(12)6-14-11(7)8/h4-6H,3,12H2,1-2H3. The Morgan fingerprint density at radius 3 is 2.86 bits per heavy atom. The van der Waals surface area contributed by atoms with Crippen molar-refractivity contribution in [3.63, 3.8) is 0 Å². The van der Waals surface area contributed by atoms with Crippen LogP contribution in [0.1, 0.15) is 12.5 Å². The van der Waals surface area contributed by atoms with E-state index in [-0.39, 0.29) is 0 Å². The molecule has 0 amide bonds. The summed E-state index contributed by atoms with van der Waals surface area (Å²) < 4.78 is 6.57. The number of nitrogens with two attached hydrogens (primary N) is 1. The maximum Gasteiger partial charge on any atom is 0.123 e. The van der Waals surface area contributed by atoms with Gasteiger partial charge in [-0.2, -0.15) is 0 Å². The van der Waals surface area contributed by atoms with Crippen LogP contribution in [0.15, 0.2) is 17.5 Å². The van der Waals surface area contributed by atoms with E-state index in [0.29, 0.717) is 0 Å². The predicted molar refractivity (Wildman–Crippen MR) is 62.2 cm³/mol. The molecule has 2 rings (SSSR count). The lowest BCUT2D eigenvalue weighted by atomic mass is 10.1. The van der Waals surface area contributed by atoms with Gasteiger partial charge in [0.2, 0.25) is 0 Å². The highest BCUT2D eigenvalue weighted by molar-refractivity contribution is 7.18. The molecule has 0 bridgehead atoms. The highest BCUT2D eigenvalue weighted by atomic mass is 32.1. The second-order valence-corrected chi connectivity index (χ2v) is 4.05. The molecule has 0 spiro atoms. The minimum atomic E-state index is 0.863. The van der Waals surface area contributed by atoms with E-state index in [1.807, 2.05) is 17.5 Å². The minimum absolute atomic E-state index is 0.863. The lowest BCUT2D eigenvalue weighted by molar-refractivity contribution is 0.411. The first-order valence-corrected chi connectivity index (χ1v) is 5.48. The molecule has 0 aliphatic rings. The van der Waals surface area contributed by atoms with Gasteiger partial charge in [0.05, 0.1) is 12.8 Å². The van der Waals surface area contributed by atoms with E-state index in [1.54, 1.807) is 18.4 Å². The summed E-state index contributed by atoms with van der Waals surface area (Å²) in [5.74, 6) is 0.960. The number of ether oxygens (including phenoxy) is 1. The first-order valence-electron chi connectivity index (χ1n) is 4.60. The number of anilines is 1. The van der Waals surface area contributed by atoms with Crippen LogP contribution in [0.3, 0.4) is 0 Å². The van der Waals surface area contributed by atoms with E-state index >= 15 is 0 Å². The van der Waals surface area contributed by atoms with Gasteiger partial charge in [0.15, 0.2) is 0 Å². The molecule has 2 aromatic rings. The van der Waals surface area contributed by atoms with Crippen molar-refractivity contribution in [3.05, 3.63) is 23.1 Å². The van der Waals surface area contributed by atoms with Crippen molar-refractivity contribution >= 4 is 27.1 Å². The third kappa shape index (κ3) is 1.24. The number of aryl methyl sites for hydroxylation is 1. The van der Waals surface area contributed by atoms with Crippen molar-refractivity contribution in [3.8, 4) is 5.75 Å². The van der Waals surface area contributed by atoms with Crippen LogP contribution in [0, 0.1) is 0 Å². The SMILES string of the molecule is CCc1c(OC)ccc2c(N)csc12. The lowest BCUT2D eigenvalue weighted by Crippen LogP contribution is -1.90. The Bertz CT molecular complexity index is 462. The number of thiophene rings is 1. The van der Waals surface area contributed by atoms with E-state index in [4.69, 9.17) is 10.5 Å². The van der Waals surface area contributed by atoms with Crippen LogP contribution in [0.25, 0.3) is 10.1 Å². The average Bonchev–Trinajstić information content (AvgIpc) is 2.59. The Morgan fingerprint density at radius 1 is 1.43 bits per heavy atom. The summed E-state index contributed by atoms with van der Waals surface area (Å²) in [5.41, 5.74) is 7.98. The summed E-state index contributed by atoms with van der Waals surface area (Å²) in [4.78, 5) is 0. The Morgan fingerprint density at radius 2 is 2.21 bits per heavy atom. The first kappa shape index (κ1) is 9.34. The summed E-state index contributed by atoms with van der Waals surface area (Å²) in [7, 11) is 1.71. The summed E-state index contributed by atoms with van der Waals surface area (Å²) in [5, 5.41) is 3.14. The van der Waals surface area contributed by atoms with Gasteiger partial charge in [0.25, 0.3) is 0 Å². The van der Waals surface area contributed by atoms with Gasteiger partial charge in [-0.3, -0.25) is 0 Å². The van der Waals surface area contributed by atoms with Gasteiger partial charge in [0.1, 0.15) is 5.75 Å². The number of methoxy groups -OCH3 is 1. The fourth-order valence-corrected chi connectivity index (χ4v) is 2.76. The fourth-order valence-electron chi connectivity index (χ4n) is 1.68. The molecule has 74 valence electrons. The van der Waals surface area contributed by atoms with Crippen molar-refractivity contribution in [1.29, 1.82) is 0 Å². The fraction of sp³-hybridized carbons (Fsp3) is 0.273. The summed E-state index contributed by atoms with van der Waals surface area (Å²) in [6.07, 6.45) is 0.973. The van der Waals surface area contributed by atoms with Gasteiger partial charge in [-0.1, -0.05) is 6.92 Å². The van der Waals surface area contributed by atoms with Crippen LogP contribution in [0.5, 0.6) is 5.75 Å². The molecule has 0 saturated carbocycles. The highest BCUT2D eigenvalue weighted by Gasteiger charge is 2.09. The van der Waals surface area contributed by atoms with Crippen LogP contribution >= 0.6 is 11.3 Å². The summed E-state index contributed by atoms with van der Waals surface area (Å²) in [6.45, 7) is 2.13. The van der Waals surface area contributed by atoms with Crippen LogP contribution in [-0.4, -0.2) is 7.11 Å². The molecular formula is C11H13NOS. The van der Waals surface area contributed by atoms with Gasteiger partial charge in [-0.05, 0) is 18.6 Å². The quantitative estimate of drug-likeness (QED) is 0.821. The van der Waals surface area contributed by atoms with Gasteiger partial charge in [0, 0.05) is 21.0 Å². The van der Waals surface area contributed by atoms with Gasteiger partial charge in [-0.15, -0.1) is 11.3 Å². The molecule has 3 heteroatoms. The van der Waals surface area contributed by atoms with Gasteiger partial charge >= 0.3 is 0 Å². The number of benzene rings is 1. The average molecular weight is 207 g/mol. The number of hydrogen-bond donors (Lipinski definition) is 1. The van der Waals surface area contributed by atoms with Crippen LogP contribution in [-0.2, 0) is 6.42 Å². The Hall–Kier alpha value is -1.22. The van der Waals surface area contributed by atoms with Gasteiger partial charge in [-0.25, -0.2) is 0 Å². The van der Waals surface area contributed by atoms with Crippen molar-refractivity contribution < 1.29 is 4.74 Å². The Balaban J connectivity index is 2.77. The summed E-state index contributed by atoms with van der Waals surface area (Å²) >= 11 is 1.69. The zero-order valence-corrected chi connectivity index (χ0v) is 9.15. The number of hydrogen-bond acceptors (Lipinski definition) is 3. The van der Waals surface area contributed by atoms with Crippen molar-refractivity contribution in [2.45, 2.75) is 13.3 Å². The van der Waals surface area contributed by atoms with Crippen LogP contribution < -0.4 is 10.5 Å². The first-order chi connectivity index (χ1) is 6.77. The van der Waals surface area contributed by atoms with Crippen LogP contribution in [0.4, 0.5) is 5.69 Å². The summed E-state index contributed by atoms with van der Waals surface area (Å²) in [6, 6.07) is 4.02. The molecule has 0 saturated heterocycles. The molecule has 0 atom stereocenters. The van der Waals surface area contributed by atoms with E-state index in [0.717, 1.165) is 23.2 Å². The maximum absolute atomic E-state index is 5.86. The largest absolute Gasteiger partial charge is 0.496 e. The smallest absolute Gasteiger partial charge is 0.123 e. The zero-order chi connectivity index (χ0) is 10.1. The highest BCUT2D eigenvalue weighted by Crippen LogP contribution is 2.35. The van der Waals surface area contributed by atoms with Gasteiger partial charge < -0.3 is 10.5 Å². The van der Waals surface area contributed by atoms with E-state index in [1.165, 1.54) is 10.3 Å². The maximum atomic E-state index is 5.86. The van der Waals surface area contributed by atoms with Crippen molar-refractivity contribution in [2.24, 2.45) is 0 Å².